The van der Waals surface area contributed by atoms with Crippen LogP contribution in [0.2, 0.25) is 0 Å². The number of hydrogen-bond donors (Lipinski definition) is 6. The Balaban J connectivity index is 2.07. The SMILES string of the molecule is O=C(C=Cc1cc(O)cc(O)c1)OC1CC(O)(C(=O)O)CC(O)C1O. The fraction of sp³-hybridized carbons (Fsp3) is 0.375. The van der Waals surface area contributed by atoms with Crippen molar-refractivity contribution in [3.63, 3.8) is 0 Å². The van der Waals surface area contributed by atoms with Crippen LogP contribution in [-0.2, 0) is 14.3 Å². The van der Waals surface area contributed by atoms with Crippen molar-refractivity contribution in [2.45, 2.75) is 36.8 Å². The Bertz CT molecular complexity index is 679. The second-order valence-electron chi connectivity index (χ2n) is 5.89. The number of phenolic OH excluding ortho intramolecular Hbond substituents is 2. The Labute approximate surface area is 142 Å². The molecule has 0 amide bonds. The molecule has 1 fully saturated rings. The number of rotatable bonds is 4. The summed E-state index contributed by atoms with van der Waals surface area (Å²) in [5.74, 6) is -2.99. The summed E-state index contributed by atoms with van der Waals surface area (Å²) in [6, 6.07) is 3.64. The lowest BCUT2D eigenvalue weighted by molar-refractivity contribution is -0.196. The Morgan fingerprint density at radius 3 is 2.28 bits per heavy atom. The van der Waals surface area contributed by atoms with E-state index in [2.05, 4.69) is 0 Å². The molecule has 4 unspecified atom stereocenters. The minimum Gasteiger partial charge on any atom is -0.508 e. The average molecular weight is 354 g/mol. The molecular weight excluding hydrogens is 336 g/mol. The maximum absolute atomic E-state index is 11.8. The smallest absolute Gasteiger partial charge is 0.335 e. The maximum Gasteiger partial charge on any atom is 0.335 e. The summed E-state index contributed by atoms with van der Waals surface area (Å²) >= 11 is 0. The quantitative estimate of drug-likeness (QED) is 0.304. The van der Waals surface area contributed by atoms with Gasteiger partial charge in [-0.1, -0.05) is 0 Å². The number of aromatic hydroxyl groups is 2. The molecule has 0 radical (unpaired) electrons. The van der Waals surface area contributed by atoms with Crippen molar-refractivity contribution in [2.24, 2.45) is 0 Å². The topological polar surface area (TPSA) is 165 Å². The molecular formula is C16H18O9. The number of hydrogen-bond acceptors (Lipinski definition) is 8. The van der Waals surface area contributed by atoms with Gasteiger partial charge in [-0.2, -0.15) is 0 Å². The summed E-state index contributed by atoms with van der Waals surface area (Å²) in [5.41, 5.74) is -2.02. The number of carbonyl (C=O) groups excluding carboxylic acids is 1. The van der Waals surface area contributed by atoms with E-state index in [1.165, 1.54) is 18.2 Å². The zero-order valence-electron chi connectivity index (χ0n) is 12.9. The van der Waals surface area contributed by atoms with E-state index in [9.17, 15) is 35.1 Å². The van der Waals surface area contributed by atoms with Gasteiger partial charge in [0.1, 0.15) is 23.7 Å². The minimum atomic E-state index is -2.32. The first-order valence-corrected chi connectivity index (χ1v) is 7.34. The molecule has 0 aromatic heterocycles. The minimum absolute atomic E-state index is 0.217. The van der Waals surface area contributed by atoms with Crippen LogP contribution in [0.15, 0.2) is 24.3 Å². The second kappa shape index (κ2) is 7.09. The Hall–Kier alpha value is -2.62. The Morgan fingerprint density at radius 1 is 1.12 bits per heavy atom. The lowest BCUT2D eigenvalue weighted by Gasteiger charge is -2.39. The molecule has 0 aliphatic heterocycles. The third kappa shape index (κ3) is 4.47. The lowest BCUT2D eigenvalue weighted by Crippen LogP contribution is -2.57. The largest absolute Gasteiger partial charge is 0.508 e. The number of carboxylic acids is 1. The van der Waals surface area contributed by atoms with Crippen molar-refractivity contribution < 1.29 is 45.0 Å². The van der Waals surface area contributed by atoms with Crippen LogP contribution in [0.3, 0.4) is 0 Å². The summed E-state index contributed by atoms with van der Waals surface area (Å²) in [5, 5.41) is 57.2. The van der Waals surface area contributed by atoms with Crippen LogP contribution in [0.1, 0.15) is 18.4 Å². The van der Waals surface area contributed by atoms with Gasteiger partial charge in [-0.25, -0.2) is 9.59 Å². The van der Waals surface area contributed by atoms with Gasteiger partial charge in [-0.3, -0.25) is 0 Å². The number of carboxylic acid groups (broad SMARTS) is 1. The first-order chi connectivity index (χ1) is 11.6. The van der Waals surface area contributed by atoms with E-state index in [1.807, 2.05) is 0 Å². The molecule has 0 bridgehead atoms. The first-order valence-electron chi connectivity index (χ1n) is 7.34. The van der Waals surface area contributed by atoms with Gasteiger partial charge in [0.15, 0.2) is 5.60 Å². The molecule has 1 aliphatic rings. The summed E-state index contributed by atoms with van der Waals surface area (Å²) in [7, 11) is 0. The number of aliphatic hydroxyl groups is 3. The highest BCUT2D eigenvalue weighted by molar-refractivity contribution is 5.87. The van der Waals surface area contributed by atoms with Crippen LogP contribution in [-0.4, -0.2) is 66.5 Å². The van der Waals surface area contributed by atoms with Gasteiger partial charge in [0.05, 0.1) is 6.10 Å². The molecule has 2 rings (SSSR count). The fourth-order valence-corrected chi connectivity index (χ4v) is 2.60. The molecule has 9 nitrogen and oxygen atoms in total. The highest BCUT2D eigenvalue weighted by Crippen LogP contribution is 2.31. The van der Waals surface area contributed by atoms with Crippen LogP contribution in [0, 0.1) is 0 Å². The number of aliphatic hydroxyl groups excluding tert-OH is 2. The van der Waals surface area contributed by atoms with Gasteiger partial charge in [-0.05, 0) is 23.8 Å². The van der Waals surface area contributed by atoms with Crippen molar-refractivity contribution in [3.05, 3.63) is 29.8 Å². The Morgan fingerprint density at radius 2 is 1.72 bits per heavy atom. The summed E-state index contributed by atoms with van der Waals surface area (Å²) in [6.07, 6.45) is -3.54. The molecule has 1 aromatic carbocycles. The summed E-state index contributed by atoms with van der Waals surface area (Å²) in [6.45, 7) is 0. The number of esters is 1. The van der Waals surface area contributed by atoms with E-state index in [4.69, 9.17) is 9.84 Å². The van der Waals surface area contributed by atoms with Crippen LogP contribution < -0.4 is 0 Å². The lowest BCUT2D eigenvalue weighted by atomic mass is 9.79. The van der Waals surface area contributed by atoms with E-state index in [-0.39, 0.29) is 11.5 Å². The van der Waals surface area contributed by atoms with Crippen molar-refractivity contribution in [1.82, 2.24) is 0 Å². The molecule has 0 heterocycles. The molecule has 0 spiro atoms. The van der Waals surface area contributed by atoms with Crippen LogP contribution in [0.5, 0.6) is 11.5 Å². The standard InChI is InChI=1S/C16H18O9/c17-9-3-8(4-10(18)5-9)1-2-13(20)25-12-7-16(24,15(22)23)6-11(19)14(12)21/h1-5,11-12,14,17-19,21,24H,6-7H2,(H,22,23). The van der Waals surface area contributed by atoms with Crippen LogP contribution in [0.25, 0.3) is 6.08 Å². The van der Waals surface area contributed by atoms with Gasteiger partial charge in [0, 0.05) is 25.0 Å². The fourth-order valence-electron chi connectivity index (χ4n) is 2.60. The summed E-state index contributed by atoms with van der Waals surface area (Å²) < 4.78 is 4.92. The number of carbonyl (C=O) groups is 2. The molecule has 4 atom stereocenters. The number of benzene rings is 1. The average Bonchev–Trinajstić information content (AvgIpc) is 2.49. The second-order valence-corrected chi connectivity index (χ2v) is 5.89. The van der Waals surface area contributed by atoms with E-state index >= 15 is 0 Å². The van der Waals surface area contributed by atoms with Gasteiger partial charge in [0.2, 0.25) is 0 Å². The molecule has 1 aromatic rings. The highest BCUT2D eigenvalue weighted by atomic mass is 16.6. The number of ether oxygens (including phenoxy) is 1. The predicted octanol–water partition coefficient (Wildman–Crippen LogP) is -0.646. The normalized spacial score (nSPS) is 29.5. The van der Waals surface area contributed by atoms with Gasteiger partial charge in [-0.15, -0.1) is 0 Å². The van der Waals surface area contributed by atoms with Gasteiger partial charge in [0.25, 0.3) is 0 Å². The zero-order valence-corrected chi connectivity index (χ0v) is 12.9. The van der Waals surface area contributed by atoms with Gasteiger partial charge >= 0.3 is 11.9 Å². The van der Waals surface area contributed by atoms with E-state index < -0.39 is 48.7 Å². The molecule has 25 heavy (non-hydrogen) atoms. The molecule has 1 aliphatic carbocycles. The van der Waals surface area contributed by atoms with E-state index in [1.54, 1.807) is 0 Å². The first kappa shape index (κ1) is 18.7. The third-order valence-electron chi connectivity index (χ3n) is 3.86. The molecule has 0 saturated heterocycles. The highest BCUT2D eigenvalue weighted by Gasteiger charge is 2.50. The Kier molecular flexibility index (Phi) is 5.31. The molecule has 9 heteroatoms. The van der Waals surface area contributed by atoms with E-state index in [0.29, 0.717) is 5.56 Å². The predicted molar refractivity (Wildman–Crippen MR) is 82.5 cm³/mol. The molecule has 6 N–H and O–H groups in total. The summed E-state index contributed by atoms with van der Waals surface area (Å²) in [4.78, 5) is 22.9. The van der Waals surface area contributed by atoms with Gasteiger partial charge < -0.3 is 35.4 Å². The molecule has 1 saturated carbocycles. The van der Waals surface area contributed by atoms with Crippen molar-refractivity contribution in [2.75, 3.05) is 0 Å². The third-order valence-corrected chi connectivity index (χ3v) is 3.86. The van der Waals surface area contributed by atoms with Crippen molar-refractivity contribution in [1.29, 1.82) is 0 Å². The zero-order chi connectivity index (χ0) is 18.8. The van der Waals surface area contributed by atoms with E-state index in [0.717, 1.165) is 12.1 Å². The van der Waals surface area contributed by atoms with Crippen LogP contribution in [0.4, 0.5) is 0 Å². The number of phenols is 2. The monoisotopic (exact) mass is 354 g/mol. The maximum atomic E-state index is 11.8. The van der Waals surface area contributed by atoms with Crippen molar-refractivity contribution >= 4 is 18.0 Å². The molecule has 136 valence electrons. The van der Waals surface area contributed by atoms with Crippen molar-refractivity contribution in [3.8, 4) is 11.5 Å². The number of aliphatic carboxylic acids is 1. The van der Waals surface area contributed by atoms with Crippen LogP contribution >= 0.6 is 0 Å².